The van der Waals surface area contributed by atoms with Crippen LogP contribution in [0.2, 0.25) is 0 Å². The first-order chi connectivity index (χ1) is 11.7. The van der Waals surface area contributed by atoms with Gasteiger partial charge in [0.25, 0.3) is 0 Å². The van der Waals surface area contributed by atoms with Gasteiger partial charge in [0.1, 0.15) is 22.4 Å². The van der Waals surface area contributed by atoms with Crippen molar-refractivity contribution >= 4 is 40.3 Å². The Labute approximate surface area is 160 Å². The maximum atomic E-state index is 7.66. The second-order valence-electron chi connectivity index (χ2n) is 6.80. The minimum atomic E-state index is -0.0301. The number of furan rings is 1. The lowest BCUT2D eigenvalue weighted by molar-refractivity contribution is 0.396. The SMILES string of the molecule is CSc1sc(C(=N)N)cc1-c1nc(-c2cc(C(C)(C)C)oc2C)cs1. The van der Waals surface area contributed by atoms with Crippen molar-refractivity contribution in [2.24, 2.45) is 5.73 Å². The Bertz CT molecular complexity index is 928. The van der Waals surface area contributed by atoms with Gasteiger partial charge < -0.3 is 10.2 Å². The molecule has 0 amide bonds. The molecule has 0 aliphatic rings. The second kappa shape index (κ2) is 6.63. The number of nitrogens with zero attached hydrogens (tertiary/aromatic N) is 1. The van der Waals surface area contributed by atoms with Gasteiger partial charge in [-0.25, -0.2) is 4.98 Å². The van der Waals surface area contributed by atoms with Crippen LogP contribution in [0.3, 0.4) is 0 Å². The molecule has 132 valence electrons. The van der Waals surface area contributed by atoms with E-state index in [1.807, 2.05) is 19.2 Å². The lowest BCUT2D eigenvalue weighted by atomic mass is 9.93. The Morgan fingerprint density at radius 3 is 2.56 bits per heavy atom. The van der Waals surface area contributed by atoms with Crippen molar-refractivity contribution in [2.75, 3.05) is 6.26 Å². The van der Waals surface area contributed by atoms with Gasteiger partial charge in [0.2, 0.25) is 0 Å². The fourth-order valence-corrected chi connectivity index (χ4v) is 5.14. The summed E-state index contributed by atoms with van der Waals surface area (Å²) in [5, 5.41) is 10.7. The van der Waals surface area contributed by atoms with Crippen LogP contribution in [0.15, 0.2) is 26.1 Å². The van der Waals surface area contributed by atoms with E-state index < -0.39 is 0 Å². The van der Waals surface area contributed by atoms with Gasteiger partial charge in [-0.2, -0.15) is 0 Å². The van der Waals surface area contributed by atoms with E-state index in [1.54, 1.807) is 23.1 Å². The molecular weight excluding hydrogens is 370 g/mol. The van der Waals surface area contributed by atoms with Gasteiger partial charge in [-0.05, 0) is 25.3 Å². The average Bonchev–Trinajstić information content (AvgIpc) is 3.22. The quantitative estimate of drug-likeness (QED) is 0.337. The highest BCUT2D eigenvalue weighted by Gasteiger charge is 2.22. The third-order valence-electron chi connectivity index (χ3n) is 3.82. The van der Waals surface area contributed by atoms with Gasteiger partial charge in [0.05, 0.1) is 14.8 Å². The number of thioether (sulfide) groups is 1. The second-order valence-corrected chi connectivity index (χ2v) is 9.78. The zero-order valence-corrected chi connectivity index (χ0v) is 17.3. The number of nitrogen functional groups attached to an aromatic ring is 1. The Morgan fingerprint density at radius 1 is 1.28 bits per heavy atom. The van der Waals surface area contributed by atoms with E-state index in [0.29, 0.717) is 0 Å². The number of thiophene rings is 1. The number of hydrogen-bond donors (Lipinski definition) is 2. The summed E-state index contributed by atoms with van der Waals surface area (Å²) in [6.07, 6.45) is 2.03. The minimum Gasteiger partial charge on any atom is -0.465 e. The topological polar surface area (TPSA) is 75.9 Å². The maximum absolute atomic E-state index is 7.66. The van der Waals surface area contributed by atoms with E-state index in [9.17, 15) is 0 Å². The van der Waals surface area contributed by atoms with Crippen molar-refractivity contribution in [3.8, 4) is 21.8 Å². The summed E-state index contributed by atoms with van der Waals surface area (Å²) in [5.41, 5.74) is 8.64. The summed E-state index contributed by atoms with van der Waals surface area (Å²) in [7, 11) is 0. The fraction of sp³-hybridized carbons (Fsp3) is 0.333. The van der Waals surface area contributed by atoms with Crippen molar-refractivity contribution < 1.29 is 4.42 Å². The summed E-state index contributed by atoms with van der Waals surface area (Å²) in [6, 6.07) is 4.06. The van der Waals surface area contributed by atoms with E-state index >= 15 is 0 Å². The molecule has 4 nitrogen and oxygen atoms in total. The van der Waals surface area contributed by atoms with Gasteiger partial charge in [-0.15, -0.1) is 34.4 Å². The number of thiazole rings is 1. The Morgan fingerprint density at radius 2 is 2.00 bits per heavy atom. The van der Waals surface area contributed by atoms with Crippen LogP contribution in [0, 0.1) is 12.3 Å². The number of nitrogens with one attached hydrogen (secondary N) is 1. The van der Waals surface area contributed by atoms with Crippen LogP contribution in [-0.4, -0.2) is 17.1 Å². The van der Waals surface area contributed by atoms with Crippen LogP contribution in [0.4, 0.5) is 0 Å². The number of nitrogens with two attached hydrogens (primary N) is 1. The van der Waals surface area contributed by atoms with Gasteiger partial charge >= 0.3 is 0 Å². The van der Waals surface area contributed by atoms with Gasteiger partial charge in [0, 0.05) is 21.9 Å². The smallest absolute Gasteiger partial charge is 0.133 e. The summed E-state index contributed by atoms with van der Waals surface area (Å²) in [6.45, 7) is 8.40. The van der Waals surface area contributed by atoms with Crippen molar-refractivity contribution in [2.45, 2.75) is 37.3 Å². The molecule has 7 heteroatoms. The van der Waals surface area contributed by atoms with Crippen LogP contribution < -0.4 is 5.73 Å². The summed E-state index contributed by atoms with van der Waals surface area (Å²) < 4.78 is 7.08. The zero-order valence-electron chi connectivity index (χ0n) is 14.9. The van der Waals surface area contributed by atoms with E-state index in [0.717, 1.165) is 42.4 Å². The maximum Gasteiger partial charge on any atom is 0.133 e. The van der Waals surface area contributed by atoms with Crippen molar-refractivity contribution in [1.29, 1.82) is 5.41 Å². The number of aryl methyl sites for hydroxylation is 1. The lowest BCUT2D eigenvalue weighted by Crippen LogP contribution is -2.09. The predicted octanol–water partition coefficient (Wildman–Crippen LogP) is 5.74. The number of aromatic nitrogens is 1. The molecule has 0 fully saturated rings. The molecular formula is C18H21N3OS3. The molecule has 0 saturated carbocycles. The Balaban J connectivity index is 2.02. The van der Waals surface area contributed by atoms with E-state index in [4.69, 9.17) is 20.5 Å². The van der Waals surface area contributed by atoms with Crippen molar-refractivity contribution in [3.63, 3.8) is 0 Å². The van der Waals surface area contributed by atoms with Crippen LogP contribution in [-0.2, 0) is 5.41 Å². The van der Waals surface area contributed by atoms with Crippen molar-refractivity contribution in [1.82, 2.24) is 4.98 Å². The summed E-state index contributed by atoms with van der Waals surface area (Å²) >= 11 is 4.81. The first-order valence-electron chi connectivity index (χ1n) is 7.80. The number of hydrogen-bond acceptors (Lipinski definition) is 6. The van der Waals surface area contributed by atoms with Crippen LogP contribution in [0.5, 0.6) is 0 Å². The predicted molar refractivity (Wildman–Crippen MR) is 109 cm³/mol. The molecule has 0 spiro atoms. The van der Waals surface area contributed by atoms with Gasteiger partial charge in [0.15, 0.2) is 0 Å². The molecule has 0 aromatic carbocycles. The number of amidine groups is 1. The highest BCUT2D eigenvalue weighted by Crippen LogP contribution is 2.41. The molecule has 0 unspecified atom stereocenters. The summed E-state index contributed by atoms with van der Waals surface area (Å²) in [5.74, 6) is 1.96. The van der Waals surface area contributed by atoms with E-state index in [-0.39, 0.29) is 11.3 Å². The molecule has 3 aromatic heterocycles. The summed E-state index contributed by atoms with van der Waals surface area (Å²) in [4.78, 5) is 5.61. The standard InChI is InChI=1S/C18H21N3OS3/c1-9-10(7-14(22-9)18(2,3)4)12-8-24-16(21-12)11-6-13(15(19)20)25-17(11)23-5/h6-8H,1-5H3,(H3,19,20). The fourth-order valence-electron chi connectivity index (χ4n) is 2.43. The Hall–Kier alpha value is -1.57. The van der Waals surface area contributed by atoms with Gasteiger partial charge in [-0.1, -0.05) is 20.8 Å². The molecule has 25 heavy (non-hydrogen) atoms. The molecule has 0 atom stereocenters. The monoisotopic (exact) mass is 391 g/mol. The molecule has 0 saturated heterocycles. The molecule has 3 rings (SSSR count). The van der Waals surface area contributed by atoms with Crippen LogP contribution in [0.25, 0.3) is 21.8 Å². The van der Waals surface area contributed by atoms with Gasteiger partial charge in [-0.3, -0.25) is 5.41 Å². The highest BCUT2D eigenvalue weighted by molar-refractivity contribution is 8.00. The zero-order chi connectivity index (χ0) is 18.4. The normalized spacial score (nSPS) is 11.9. The molecule has 0 radical (unpaired) electrons. The van der Waals surface area contributed by atoms with Crippen LogP contribution in [0.1, 0.15) is 37.2 Å². The van der Waals surface area contributed by atoms with E-state index in [1.165, 1.54) is 11.3 Å². The minimum absolute atomic E-state index is 0.0301. The highest BCUT2D eigenvalue weighted by atomic mass is 32.2. The lowest BCUT2D eigenvalue weighted by Gasteiger charge is -2.13. The first kappa shape index (κ1) is 18.2. The molecule has 3 heterocycles. The molecule has 3 N–H and O–H groups in total. The number of rotatable bonds is 4. The average molecular weight is 392 g/mol. The molecule has 0 aliphatic carbocycles. The first-order valence-corrected chi connectivity index (χ1v) is 10.7. The third-order valence-corrected chi connectivity index (χ3v) is 7.00. The van der Waals surface area contributed by atoms with E-state index in [2.05, 4.69) is 32.2 Å². The Kier molecular flexibility index (Phi) is 4.83. The van der Waals surface area contributed by atoms with Crippen LogP contribution >= 0.6 is 34.4 Å². The third kappa shape index (κ3) is 3.54. The molecule has 0 bridgehead atoms. The molecule has 3 aromatic rings. The van der Waals surface area contributed by atoms with Crippen molar-refractivity contribution in [3.05, 3.63) is 33.9 Å². The molecule has 0 aliphatic heterocycles. The largest absolute Gasteiger partial charge is 0.465 e.